The summed E-state index contributed by atoms with van der Waals surface area (Å²) in [5.74, 6) is 0.350. The van der Waals surface area contributed by atoms with Gasteiger partial charge in [0.1, 0.15) is 10.6 Å². The van der Waals surface area contributed by atoms with Crippen molar-refractivity contribution >= 4 is 10.0 Å². The Balaban J connectivity index is 1.87. The summed E-state index contributed by atoms with van der Waals surface area (Å²) < 4.78 is 38.0. The van der Waals surface area contributed by atoms with Gasteiger partial charge in [-0.1, -0.05) is 5.16 Å². The molecule has 2 atom stereocenters. The van der Waals surface area contributed by atoms with Crippen LogP contribution in [0.15, 0.2) is 9.42 Å². The molecule has 0 spiro atoms. The number of nitrogens with zero attached hydrogens (tertiary/aromatic N) is 3. The van der Waals surface area contributed by atoms with Gasteiger partial charge in [-0.15, -0.1) is 0 Å². The van der Waals surface area contributed by atoms with Gasteiger partial charge in [0, 0.05) is 25.7 Å². The lowest BCUT2D eigenvalue weighted by Gasteiger charge is -2.45. The van der Waals surface area contributed by atoms with Crippen molar-refractivity contribution in [2.24, 2.45) is 0 Å². The van der Waals surface area contributed by atoms with E-state index in [1.54, 1.807) is 13.8 Å². The van der Waals surface area contributed by atoms with E-state index in [9.17, 15) is 8.42 Å². The van der Waals surface area contributed by atoms with E-state index in [-0.39, 0.29) is 17.0 Å². The third-order valence-electron chi connectivity index (χ3n) is 4.39. The van der Waals surface area contributed by atoms with E-state index in [1.807, 2.05) is 7.05 Å². The second-order valence-electron chi connectivity index (χ2n) is 5.76. The van der Waals surface area contributed by atoms with Crippen molar-refractivity contribution in [3.05, 3.63) is 11.5 Å². The molecule has 0 unspecified atom stereocenters. The minimum Gasteiger partial charge on any atom is -0.375 e. The van der Waals surface area contributed by atoms with Crippen LogP contribution in [-0.2, 0) is 14.8 Å². The Hall–Kier alpha value is -0.960. The van der Waals surface area contributed by atoms with Gasteiger partial charge in [0.2, 0.25) is 10.0 Å². The molecule has 118 valence electrons. The minimum absolute atomic E-state index is 0.114. The smallest absolute Gasteiger partial charge is 0.248 e. The van der Waals surface area contributed by atoms with Gasteiger partial charge in [0.25, 0.3) is 0 Å². The monoisotopic (exact) mass is 315 g/mol. The molecule has 1 aromatic heterocycles. The molecule has 2 saturated heterocycles. The van der Waals surface area contributed by atoms with Crippen LogP contribution >= 0.6 is 0 Å². The molecule has 0 bridgehead atoms. The average molecular weight is 315 g/mol. The van der Waals surface area contributed by atoms with E-state index in [4.69, 9.17) is 9.26 Å². The molecule has 0 amide bonds. The zero-order valence-corrected chi connectivity index (χ0v) is 13.4. The van der Waals surface area contributed by atoms with E-state index in [0.717, 1.165) is 13.0 Å². The quantitative estimate of drug-likeness (QED) is 0.785. The Bertz CT molecular complexity index is 608. The number of ether oxygens (including phenoxy) is 1. The van der Waals surface area contributed by atoms with Crippen LogP contribution in [-0.4, -0.2) is 68.2 Å². The average Bonchev–Trinajstić information content (AvgIpc) is 2.79. The SMILES string of the molecule is Cc1noc(C)c1S(=O)(=O)N1CC[C@@H]2OCCN(C)[C@@H]2C1. The van der Waals surface area contributed by atoms with Crippen molar-refractivity contribution in [3.63, 3.8) is 0 Å². The van der Waals surface area contributed by atoms with Gasteiger partial charge in [-0.3, -0.25) is 4.90 Å². The molecule has 0 aliphatic carbocycles. The van der Waals surface area contributed by atoms with Crippen LogP contribution in [0.25, 0.3) is 0 Å². The number of rotatable bonds is 2. The number of hydrogen-bond donors (Lipinski definition) is 0. The Morgan fingerprint density at radius 1 is 1.29 bits per heavy atom. The molecule has 3 heterocycles. The summed E-state index contributed by atoms with van der Waals surface area (Å²) in [4.78, 5) is 2.39. The maximum Gasteiger partial charge on any atom is 0.248 e. The third-order valence-corrected chi connectivity index (χ3v) is 6.50. The molecule has 1 aromatic rings. The van der Waals surface area contributed by atoms with Gasteiger partial charge in [0.05, 0.1) is 12.7 Å². The molecule has 2 fully saturated rings. The number of likely N-dealkylation sites (N-methyl/N-ethyl adjacent to an activating group) is 1. The number of morpholine rings is 1. The molecule has 21 heavy (non-hydrogen) atoms. The molecule has 0 N–H and O–H groups in total. The van der Waals surface area contributed by atoms with Crippen LogP contribution in [0, 0.1) is 13.8 Å². The molecular weight excluding hydrogens is 294 g/mol. The second-order valence-corrected chi connectivity index (χ2v) is 7.64. The summed E-state index contributed by atoms with van der Waals surface area (Å²) in [6.45, 7) is 5.77. The number of fused-ring (bicyclic) bond motifs is 1. The van der Waals surface area contributed by atoms with Gasteiger partial charge in [-0.25, -0.2) is 8.42 Å². The van der Waals surface area contributed by atoms with E-state index in [0.29, 0.717) is 31.2 Å². The van der Waals surface area contributed by atoms with Gasteiger partial charge in [0.15, 0.2) is 5.76 Å². The van der Waals surface area contributed by atoms with Crippen molar-refractivity contribution < 1.29 is 17.7 Å². The molecule has 2 aliphatic rings. The predicted octanol–water partition coefficient (Wildman–Crippen LogP) is 0.385. The topological polar surface area (TPSA) is 75.9 Å². The van der Waals surface area contributed by atoms with Crippen molar-refractivity contribution in [2.75, 3.05) is 33.3 Å². The second kappa shape index (κ2) is 5.35. The largest absolute Gasteiger partial charge is 0.375 e. The Morgan fingerprint density at radius 3 is 2.71 bits per heavy atom. The predicted molar refractivity (Wildman–Crippen MR) is 75.5 cm³/mol. The Morgan fingerprint density at radius 2 is 2.05 bits per heavy atom. The lowest BCUT2D eigenvalue weighted by Crippen LogP contribution is -2.59. The van der Waals surface area contributed by atoms with Crippen molar-refractivity contribution in [1.82, 2.24) is 14.4 Å². The van der Waals surface area contributed by atoms with Gasteiger partial charge in [-0.2, -0.15) is 4.31 Å². The zero-order valence-electron chi connectivity index (χ0n) is 12.6. The number of aromatic nitrogens is 1. The first kappa shape index (κ1) is 15.0. The van der Waals surface area contributed by atoms with E-state index in [1.165, 1.54) is 4.31 Å². The highest BCUT2D eigenvalue weighted by atomic mass is 32.2. The van der Waals surface area contributed by atoms with Crippen LogP contribution in [0.3, 0.4) is 0 Å². The number of aryl methyl sites for hydroxylation is 2. The highest BCUT2D eigenvalue weighted by Crippen LogP contribution is 2.29. The summed E-state index contributed by atoms with van der Waals surface area (Å²) in [5, 5.41) is 3.76. The third kappa shape index (κ3) is 2.50. The molecule has 7 nitrogen and oxygen atoms in total. The first-order valence-corrected chi connectivity index (χ1v) is 8.60. The lowest BCUT2D eigenvalue weighted by atomic mass is 10.0. The Kier molecular flexibility index (Phi) is 3.81. The molecule has 0 radical (unpaired) electrons. The molecule has 0 saturated carbocycles. The fraction of sp³-hybridized carbons (Fsp3) is 0.769. The van der Waals surface area contributed by atoms with Crippen molar-refractivity contribution in [2.45, 2.75) is 37.3 Å². The summed E-state index contributed by atoms with van der Waals surface area (Å²) >= 11 is 0. The van der Waals surface area contributed by atoms with Crippen LogP contribution in [0.4, 0.5) is 0 Å². The van der Waals surface area contributed by atoms with E-state index in [2.05, 4.69) is 10.1 Å². The molecule has 3 rings (SSSR count). The first-order chi connectivity index (χ1) is 9.91. The van der Waals surface area contributed by atoms with Crippen LogP contribution in [0.2, 0.25) is 0 Å². The molecule has 0 aromatic carbocycles. The fourth-order valence-corrected chi connectivity index (χ4v) is 4.97. The van der Waals surface area contributed by atoms with Crippen LogP contribution in [0.1, 0.15) is 17.9 Å². The molecular formula is C13H21N3O4S. The Labute approximate surface area is 124 Å². The van der Waals surface area contributed by atoms with Gasteiger partial charge < -0.3 is 9.26 Å². The van der Waals surface area contributed by atoms with Crippen LogP contribution in [0.5, 0.6) is 0 Å². The summed E-state index contributed by atoms with van der Waals surface area (Å²) in [6.07, 6.45) is 0.845. The highest BCUT2D eigenvalue weighted by Gasteiger charge is 2.41. The maximum absolute atomic E-state index is 12.8. The highest BCUT2D eigenvalue weighted by molar-refractivity contribution is 7.89. The molecule has 8 heteroatoms. The standard InChI is InChI=1S/C13H21N3O4S/c1-9-13(10(2)20-14-9)21(17,18)16-5-4-12-11(8-16)15(3)6-7-19-12/h11-12H,4-8H2,1-3H3/t11-,12+/m1/s1. The van der Waals surface area contributed by atoms with Crippen molar-refractivity contribution in [3.8, 4) is 0 Å². The van der Waals surface area contributed by atoms with Crippen LogP contribution < -0.4 is 0 Å². The van der Waals surface area contributed by atoms with Gasteiger partial charge in [-0.05, 0) is 27.3 Å². The number of piperidine rings is 1. The number of sulfonamides is 1. The van der Waals surface area contributed by atoms with E-state index >= 15 is 0 Å². The minimum atomic E-state index is -3.56. The normalized spacial score (nSPS) is 28.5. The lowest BCUT2D eigenvalue weighted by molar-refractivity contribution is -0.0840. The maximum atomic E-state index is 12.8. The van der Waals surface area contributed by atoms with Crippen molar-refractivity contribution in [1.29, 1.82) is 0 Å². The zero-order chi connectivity index (χ0) is 15.2. The fourth-order valence-electron chi connectivity index (χ4n) is 3.20. The van der Waals surface area contributed by atoms with E-state index < -0.39 is 10.0 Å². The number of hydrogen-bond acceptors (Lipinski definition) is 6. The van der Waals surface area contributed by atoms with Gasteiger partial charge >= 0.3 is 0 Å². The summed E-state index contributed by atoms with van der Waals surface area (Å²) in [6, 6.07) is 0.114. The summed E-state index contributed by atoms with van der Waals surface area (Å²) in [7, 11) is -1.54. The first-order valence-electron chi connectivity index (χ1n) is 7.16. The molecule has 2 aliphatic heterocycles. The summed E-state index contributed by atoms with van der Waals surface area (Å²) in [5.41, 5.74) is 0.419.